The van der Waals surface area contributed by atoms with Crippen LogP contribution in [0.25, 0.3) is 21.3 Å². The number of nitrogens with zero attached hydrogens (tertiary/aromatic N) is 2. The Hall–Kier alpha value is -3.10. The summed E-state index contributed by atoms with van der Waals surface area (Å²) in [5, 5.41) is 5.22. The molecule has 152 valence electrons. The SMILES string of the molecule is CC(=O)NCCc1ccc(C(=O)Cn2cnc3scc(-c4ccccc4)c3c2=O)s1. The van der Waals surface area contributed by atoms with E-state index >= 15 is 0 Å². The van der Waals surface area contributed by atoms with Crippen LogP contribution in [0.1, 0.15) is 21.5 Å². The molecule has 0 aliphatic heterocycles. The van der Waals surface area contributed by atoms with Crippen LogP contribution in [0, 0.1) is 0 Å². The van der Waals surface area contributed by atoms with Crippen molar-refractivity contribution in [1.82, 2.24) is 14.9 Å². The lowest BCUT2D eigenvalue weighted by molar-refractivity contribution is -0.118. The third-order valence-corrected chi connectivity index (χ3v) is 6.71. The van der Waals surface area contributed by atoms with Crippen LogP contribution in [-0.2, 0) is 17.8 Å². The molecule has 0 saturated heterocycles. The van der Waals surface area contributed by atoms with Gasteiger partial charge in [0.15, 0.2) is 5.78 Å². The number of hydrogen-bond donors (Lipinski definition) is 1. The van der Waals surface area contributed by atoms with Gasteiger partial charge in [0.2, 0.25) is 5.91 Å². The molecule has 6 nitrogen and oxygen atoms in total. The van der Waals surface area contributed by atoms with Gasteiger partial charge in [-0.15, -0.1) is 22.7 Å². The summed E-state index contributed by atoms with van der Waals surface area (Å²) in [4.78, 5) is 43.5. The smallest absolute Gasteiger partial charge is 0.263 e. The molecule has 0 unspecified atom stereocenters. The van der Waals surface area contributed by atoms with Crippen LogP contribution in [0.4, 0.5) is 0 Å². The molecular weight excluding hydrogens is 418 g/mol. The van der Waals surface area contributed by atoms with E-state index in [0.717, 1.165) is 16.0 Å². The molecule has 0 radical (unpaired) electrons. The first-order chi connectivity index (χ1) is 14.5. The van der Waals surface area contributed by atoms with Gasteiger partial charge in [0.1, 0.15) is 4.83 Å². The normalized spacial score (nSPS) is 11.0. The summed E-state index contributed by atoms with van der Waals surface area (Å²) in [6.45, 7) is 1.95. The number of ketones is 1. The summed E-state index contributed by atoms with van der Waals surface area (Å²) in [6.07, 6.45) is 2.11. The molecule has 0 spiro atoms. The van der Waals surface area contributed by atoms with Gasteiger partial charge in [-0.05, 0) is 24.1 Å². The largest absolute Gasteiger partial charge is 0.356 e. The highest BCUT2D eigenvalue weighted by molar-refractivity contribution is 7.17. The van der Waals surface area contributed by atoms with E-state index in [2.05, 4.69) is 10.3 Å². The number of fused-ring (bicyclic) bond motifs is 1. The van der Waals surface area contributed by atoms with Gasteiger partial charge in [-0.1, -0.05) is 30.3 Å². The van der Waals surface area contributed by atoms with Crippen molar-refractivity contribution in [2.45, 2.75) is 19.9 Å². The number of Topliss-reactive ketones (excluding diaryl/α,β-unsaturated/α-hetero) is 1. The van der Waals surface area contributed by atoms with Crippen LogP contribution in [0.5, 0.6) is 0 Å². The maximum Gasteiger partial charge on any atom is 0.263 e. The highest BCUT2D eigenvalue weighted by atomic mass is 32.1. The van der Waals surface area contributed by atoms with Crippen LogP contribution < -0.4 is 10.9 Å². The van der Waals surface area contributed by atoms with Crippen molar-refractivity contribution in [2.75, 3.05) is 6.54 Å². The van der Waals surface area contributed by atoms with Gasteiger partial charge in [-0.3, -0.25) is 19.0 Å². The van der Waals surface area contributed by atoms with Crippen molar-refractivity contribution in [3.05, 3.63) is 74.3 Å². The maximum atomic E-state index is 13.1. The molecule has 30 heavy (non-hydrogen) atoms. The molecular formula is C22H19N3O3S2. The molecule has 0 saturated carbocycles. The predicted octanol–water partition coefficient (Wildman–Crippen LogP) is 3.75. The number of carbonyl (C=O) groups excluding carboxylic acids is 2. The second-order valence-electron chi connectivity index (χ2n) is 6.80. The molecule has 0 bridgehead atoms. The van der Waals surface area contributed by atoms with Gasteiger partial charge in [-0.2, -0.15) is 0 Å². The highest BCUT2D eigenvalue weighted by Crippen LogP contribution is 2.30. The number of nitrogens with one attached hydrogen (secondary N) is 1. The summed E-state index contributed by atoms with van der Waals surface area (Å²) in [6, 6.07) is 13.4. The average Bonchev–Trinajstić information content (AvgIpc) is 3.38. The van der Waals surface area contributed by atoms with Gasteiger partial charge >= 0.3 is 0 Å². The lowest BCUT2D eigenvalue weighted by atomic mass is 10.1. The fourth-order valence-corrected chi connectivity index (χ4v) is 5.01. The average molecular weight is 438 g/mol. The Morgan fingerprint density at radius 2 is 1.93 bits per heavy atom. The van der Waals surface area contributed by atoms with E-state index in [-0.39, 0.29) is 23.8 Å². The quantitative estimate of drug-likeness (QED) is 0.447. The molecule has 0 fully saturated rings. The van der Waals surface area contributed by atoms with E-state index in [1.54, 1.807) is 6.07 Å². The molecule has 8 heteroatoms. The van der Waals surface area contributed by atoms with Crippen molar-refractivity contribution in [1.29, 1.82) is 0 Å². The van der Waals surface area contributed by atoms with Crippen LogP contribution in [0.3, 0.4) is 0 Å². The fourth-order valence-electron chi connectivity index (χ4n) is 3.17. The molecule has 0 aliphatic rings. The van der Waals surface area contributed by atoms with E-state index in [0.29, 0.717) is 28.1 Å². The van der Waals surface area contributed by atoms with E-state index in [4.69, 9.17) is 0 Å². The Bertz CT molecular complexity index is 1270. The van der Waals surface area contributed by atoms with Crippen LogP contribution in [-0.4, -0.2) is 27.8 Å². The van der Waals surface area contributed by atoms with Crippen molar-refractivity contribution in [3.63, 3.8) is 0 Å². The van der Waals surface area contributed by atoms with Gasteiger partial charge in [0.25, 0.3) is 5.56 Å². The number of thiophene rings is 2. The fraction of sp³-hybridized carbons (Fsp3) is 0.182. The minimum absolute atomic E-state index is 0.0580. The number of carbonyl (C=O) groups is 2. The Kier molecular flexibility index (Phi) is 5.87. The monoisotopic (exact) mass is 437 g/mol. The first-order valence-corrected chi connectivity index (χ1v) is 11.1. The molecule has 0 atom stereocenters. The minimum atomic E-state index is -0.212. The molecule has 4 rings (SSSR count). The zero-order valence-corrected chi connectivity index (χ0v) is 17.9. The van der Waals surface area contributed by atoms with E-state index in [1.807, 2.05) is 41.8 Å². The maximum absolute atomic E-state index is 13.1. The van der Waals surface area contributed by atoms with Crippen molar-refractivity contribution in [2.24, 2.45) is 0 Å². The summed E-state index contributed by atoms with van der Waals surface area (Å²) >= 11 is 2.81. The lowest BCUT2D eigenvalue weighted by Gasteiger charge is -2.05. The Morgan fingerprint density at radius 1 is 1.13 bits per heavy atom. The number of benzene rings is 1. The van der Waals surface area contributed by atoms with Crippen molar-refractivity contribution in [3.8, 4) is 11.1 Å². The topological polar surface area (TPSA) is 81.1 Å². The highest BCUT2D eigenvalue weighted by Gasteiger charge is 2.16. The zero-order valence-electron chi connectivity index (χ0n) is 16.3. The first kappa shape index (κ1) is 20.2. The predicted molar refractivity (Wildman–Crippen MR) is 120 cm³/mol. The Labute approximate surface area is 180 Å². The second kappa shape index (κ2) is 8.73. The van der Waals surface area contributed by atoms with Crippen molar-refractivity contribution < 1.29 is 9.59 Å². The number of rotatable bonds is 7. The number of aromatic nitrogens is 2. The molecule has 4 aromatic rings. The Morgan fingerprint density at radius 3 is 2.70 bits per heavy atom. The third-order valence-electron chi connectivity index (χ3n) is 4.64. The number of hydrogen-bond acceptors (Lipinski definition) is 6. The lowest BCUT2D eigenvalue weighted by Crippen LogP contribution is -2.24. The van der Waals surface area contributed by atoms with Gasteiger partial charge in [0.05, 0.1) is 23.1 Å². The van der Waals surface area contributed by atoms with Crippen LogP contribution in [0.15, 0.2) is 59.0 Å². The summed E-state index contributed by atoms with van der Waals surface area (Å²) < 4.78 is 1.38. The van der Waals surface area contributed by atoms with Gasteiger partial charge < -0.3 is 5.32 Å². The third kappa shape index (κ3) is 4.24. The van der Waals surface area contributed by atoms with E-state index in [9.17, 15) is 14.4 Å². The molecule has 3 heterocycles. The summed E-state index contributed by atoms with van der Waals surface area (Å²) in [5.74, 6) is -0.209. The summed E-state index contributed by atoms with van der Waals surface area (Å²) in [7, 11) is 0. The van der Waals surface area contributed by atoms with Gasteiger partial charge in [-0.25, -0.2) is 4.98 Å². The van der Waals surface area contributed by atoms with Crippen LogP contribution >= 0.6 is 22.7 Å². The molecule has 1 N–H and O–H groups in total. The standard InChI is InChI=1S/C22H19N3O3S2/c1-14(26)23-10-9-16-7-8-19(30-16)18(27)11-25-13-24-21-20(22(25)28)17(12-29-21)15-5-3-2-4-6-15/h2-8,12-13H,9-11H2,1H3,(H,23,26). The van der Waals surface area contributed by atoms with Crippen LogP contribution in [0.2, 0.25) is 0 Å². The molecule has 3 aromatic heterocycles. The molecule has 1 aromatic carbocycles. The van der Waals surface area contributed by atoms with E-state index in [1.165, 1.54) is 40.5 Å². The van der Waals surface area contributed by atoms with E-state index < -0.39 is 0 Å². The first-order valence-electron chi connectivity index (χ1n) is 9.41. The molecule has 1 amide bonds. The second-order valence-corrected chi connectivity index (χ2v) is 8.82. The molecule has 0 aliphatic carbocycles. The van der Waals surface area contributed by atoms with Crippen molar-refractivity contribution >= 4 is 44.6 Å². The van der Waals surface area contributed by atoms with Gasteiger partial charge in [0, 0.05) is 29.3 Å². The minimum Gasteiger partial charge on any atom is -0.356 e. The number of amides is 1. The zero-order chi connectivity index (χ0) is 21.1. The summed E-state index contributed by atoms with van der Waals surface area (Å²) in [5.41, 5.74) is 1.58. The Balaban J connectivity index is 1.56.